The molecule has 1 aromatic rings. The van der Waals surface area contributed by atoms with Crippen LogP contribution in [-0.4, -0.2) is 87.0 Å². The number of carboxylic acid groups (broad SMARTS) is 1. The molecule has 10 nitrogen and oxygen atoms in total. The number of nitrogens with zero attached hydrogens (tertiary/aromatic N) is 3. The lowest BCUT2D eigenvalue weighted by Gasteiger charge is -2.49. The number of hydrogen-bond acceptors (Lipinski definition) is 10. The third-order valence-electron chi connectivity index (χ3n) is 4.38. The van der Waals surface area contributed by atoms with Crippen molar-refractivity contribution in [2.75, 3.05) is 23.9 Å². The minimum atomic E-state index is -5.42. The molecule has 1 fully saturated rings. The van der Waals surface area contributed by atoms with E-state index in [0.29, 0.717) is 9.91 Å². The van der Waals surface area contributed by atoms with Crippen LogP contribution in [0.15, 0.2) is 15.6 Å². The summed E-state index contributed by atoms with van der Waals surface area (Å²) in [6, 6.07) is -1.30. The quantitative estimate of drug-likeness (QED) is 0.343. The van der Waals surface area contributed by atoms with Gasteiger partial charge in [-0.25, -0.2) is 17.6 Å². The van der Waals surface area contributed by atoms with Crippen molar-refractivity contribution < 1.29 is 41.1 Å². The maximum Gasteiger partial charge on any atom is 0.373 e. The number of aryl methyl sites for hydroxylation is 1. The van der Waals surface area contributed by atoms with Crippen LogP contribution in [0, 0.1) is 6.92 Å². The zero-order valence-corrected chi connectivity index (χ0v) is 19.3. The van der Waals surface area contributed by atoms with Gasteiger partial charge in [-0.2, -0.15) is 8.78 Å². The van der Waals surface area contributed by atoms with Crippen molar-refractivity contribution in [3.8, 4) is 0 Å². The monoisotopic (exact) mass is 532 g/mol. The van der Waals surface area contributed by atoms with E-state index in [1.807, 2.05) is 5.32 Å². The first-order valence-electron chi connectivity index (χ1n) is 8.66. The highest BCUT2D eigenvalue weighted by Gasteiger charge is 2.55. The van der Waals surface area contributed by atoms with Crippen LogP contribution < -0.4 is 5.32 Å². The lowest BCUT2D eigenvalue weighted by Crippen LogP contribution is -2.71. The molecule has 2 atom stereocenters. The topological polar surface area (TPSA) is 147 Å². The summed E-state index contributed by atoms with van der Waals surface area (Å²) in [5.41, 5.74) is 0.189. The Morgan fingerprint density at radius 1 is 1.38 bits per heavy atom. The molecule has 17 heteroatoms. The summed E-state index contributed by atoms with van der Waals surface area (Å²) in [4.78, 5) is 37.2. The minimum absolute atomic E-state index is 0.200. The van der Waals surface area contributed by atoms with Crippen molar-refractivity contribution in [1.82, 2.24) is 20.4 Å². The fourth-order valence-corrected chi connectivity index (χ4v) is 6.96. The van der Waals surface area contributed by atoms with Crippen LogP contribution in [0.3, 0.4) is 0 Å². The Morgan fingerprint density at radius 2 is 2.06 bits per heavy atom. The number of aliphatic carboxylic acids is 1. The number of fused-ring (bicyclic) bond motifs is 1. The summed E-state index contributed by atoms with van der Waals surface area (Å²) in [5, 5.41) is 14.6. The Balaban J connectivity index is 1.69. The fourth-order valence-electron chi connectivity index (χ4n) is 2.86. The van der Waals surface area contributed by atoms with Gasteiger partial charge in [0, 0.05) is 11.5 Å². The first-order valence-corrected chi connectivity index (χ1v) is 13.2. The largest absolute Gasteiger partial charge is 0.477 e. The number of nitrogens with one attached hydrogen (secondary N) is 1. The van der Waals surface area contributed by atoms with Crippen LogP contribution in [0.1, 0.15) is 5.01 Å². The number of carbonyl (C=O) groups is 3. The van der Waals surface area contributed by atoms with Gasteiger partial charge in [-0.3, -0.25) is 14.5 Å². The summed E-state index contributed by atoms with van der Waals surface area (Å²) in [6.45, 7) is -0.719. The van der Waals surface area contributed by atoms with Crippen LogP contribution in [0.5, 0.6) is 0 Å². The molecule has 1 aromatic heterocycles. The van der Waals surface area contributed by atoms with Gasteiger partial charge in [-0.15, -0.1) is 22.0 Å². The number of halogens is 3. The number of sulfone groups is 1. The van der Waals surface area contributed by atoms with Crippen molar-refractivity contribution in [3.63, 3.8) is 0 Å². The van der Waals surface area contributed by atoms with E-state index < -0.39 is 56.7 Å². The molecule has 2 N–H and O–H groups in total. The van der Waals surface area contributed by atoms with Crippen LogP contribution in [0.25, 0.3) is 0 Å². The van der Waals surface area contributed by atoms with Crippen molar-refractivity contribution >= 4 is 62.5 Å². The van der Waals surface area contributed by atoms with E-state index in [1.54, 1.807) is 6.92 Å². The highest BCUT2D eigenvalue weighted by molar-refractivity contribution is 8.01. The fraction of sp³-hybridized carbons (Fsp3) is 0.533. The Kier molecular flexibility index (Phi) is 7.11. The van der Waals surface area contributed by atoms with Gasteiger partial charge in [-0.1, -0.05) is 23.1 Å². The van der Waals surface area contributed by atoms with Gasteiger partial charge in [-0.05, 0) is 12.5 Å². The molecular formula is C15H15F3N4O6S4. The van der Waals surface area contributed by atoms with Gasteiger partial charge in [0.1, 0.15) is 27.9 Å². The average Bonchev–Trinajstić information content (AvgIpc) is 3.14. The Hall–Kier alpha value is -1.85. The van der Waals surface area contributed by atoms with E-state index in [4.69, 9.17) is 0 Å². The summed E-state index contributed by atoms with van der Waals surface area (Å²) in [5.74, 6) is -4.88. The number of β-lactam (4-membered cyclic amide) rings is 1. The van der Waals surface area contributed by atoms with Gasteiger partial charge in [0.05, 0.1) is 0 Å². The first-order chi connectivity index (χ1) is 14.9. The molecule has 0 aliphatic carbocycles. The Morgan fingerprint density at radius 3 is 2.62 bits per heavy atom. The summed E-state index contributed by atoms with van der Waals surface area (Å²) in [6.07, 6.45) is 0. The number of thioether (sulfide) groups is 2. The number of hydrogen-bond donors (Lipinski definition) is 2. The Labute approximate surface area is 191 Å². The number of amides is 2. The van der Waals surface area contributed by atoms with E-state index in [1.165, 1.54) is 23.1 Å². The lowest BCUT2D eigenvalue weighted by atomic mass is 10.0. The maximum absolute atomic E-state index is 13.1. The SMILES string of the molecule is Cc1nnc(SCC2=C(C(=O)O)N3C(=O)C(NC(=O)CS(=O)(=O)C(F)(F)CF)[C@H]3SC2)s1. The van der Waals surface area contributed by atoms with E-state index in [0.717, 1.165) is 21.7 Å². The third kappa shape index (κ3) is 4.74. The van der Waals surface area contributed by atoms with Crippen LogP contribution in [-0.2, 0) is 24.2 Å². The molecule has 1 unspecified atom stereocenters. The molecule has 176 valence electrons. The highest BCUT2D eigenvalue weighted by Crippen LogP contribution is 2.41. The average molecular weight is 533 g/mol. The smallest absolute Gasteiger partial charge is 0.373 e. The van der Waals surface area contributed by atoms with Crippen LogP contribution in [0.2, 0.25) is 0 Å². The van der Waals surface area contributed by atoms with Crippen molar-refractivity contribution in [1.29, 1.82) is 0 Å². The number of carboxylic acids is 1. The second kappa shape index (κ2) is 9.18. The van der Waals surface area contributed by atoms with Crippen molar-refractivity contribution in [3.05, 3.63) is 16.3 Å². The third-order valence-corrected chi connectivity index (χ3v) is 9.43. The Bertz CT molecular complexity index is 1090. The second-order valence-corrected chi connectivity index (χ2v) is 12.2. The second-order valence-electron chi connectivity index (χ2n) is 6.62. The molecule has 1 saturated heterocycles. The highest BCUT2D eigenvalue weighted by atomic mass is 32.2. The van der Waals surface area contributed by atoms with Gasteiger partial charge in [0.2, 0.25) is 15.7 Å². The van der Waals surface area contributed by atoms with E-state index in [-0.39, 0.29) is 17.2 Å². The van der Waals surface area contributed by atoms with E-state index in [2.05, 4.69) is 10.2 Å². The van der Waals surface area contributed by atoms with Crippen molar-refractivity contribution in [2.24, 2.45) is 0 Å². The predicted molar refractivity (Wildman–Crippen MR) is 110 cm³/mol. The molecule has 32 heavy (non-hydrogen) atoms. The number of alkyl halides is 3. The first kappa shape index (κ1) is 24.8. The summed E-state index contributed by atoms with van der Waals surface area (Å²) < 4.78 is 62.1. The number of carbonyl (C=O) groups excluding carboxylic acids is 2. The standard InChI is InChI=1S/C15H15F3N4O6S4/c1-6-20-21-14(31-6)30-3-7-2-29-12-9(11(24)22(12)10(7)13(25)26)19-8(23)4-32(27,28)15(17,18)5-16/h9,12H,2-5H2,1H3,(H,19,23)(H,25,26)/t9?,12-/m1/s1. The molecule has 2 amide bonds. The predicted octanol–water partition coefficient (Wildman–Crippen LogP) is 0.654. The zero-order chi connectivity index (χ0) is 23.8. The van der Waals surface area contributed by atoms with Gasteiger partial charge in [0.25, 0.3) is 5.91 Å². The summed E-state index contributed by atoms with van der Waals surface area (Å²) in [7, 11) is -5.42. The molecule has 0 spiro atoms. The van der Waals surface area contributed by atoms with Crippen LogP contribution >= 0.6 is 34.9 Å². The molecule has 3 heterocycles. The molecule has 3 rings (SSSR count). The number of rotatable bonds is 9. The van der Waals surface area contributed by atoms with Gasteiger partial charge < -0.3 is 10.4 Å². The molecule has 2 aliphatic rings. The minimum Gasteiger partial charge on any atom is -0.477 e. The molecule has 0 aromatic carbocycles. The van der Waals surface area contributed by atoms with Crippen LogP contribution in [0.4, 0.5) is 13.2 Å². The maximum atomic E-state index is 13.1. The molecule has 0 radical (unpaired) electrons. The molecule has 0 bridgehead atoms. The van der Waals surface area contributed by atoms with Crippen molar-refractivity contribution in [2.45, 2.75) is 27.9 Å². The van der Waals surface area contributed by atoms with Gasteiger partial charge in [0.15, 0.2) is 11.0 Å². The zero-order valence-electron chi connectivity index (χ0n) is 16.1. The van der Waals surface area contributed by atoms with Gasteiger partial charge >= 0.3 is 11.2 Å². The normalized spacial score (nSPS) is 21.2. The molecule has 0 saturated carbocycles. The molecule has 2 aliphatic heterocycles. The van der Waals surface area contributed by atoms with E-state index >= 15 is 0 Å². The number of aromatic nitrogens is 2. The lowest BCUT2D eigenvalue weighted by molar-refractivity contribution is -0.150. The summed E-state index contributed by atoms with van der Waals surface area (Å²) >= 11 is 3.71. The molecular weight excluding hydrogens is 517 g/mol. The van der Waals surface area contributed by atoms with E-state index in [9.17, 15) is 41.1 Å².